The van der Waals surface area contributed by atoms with E-state index in [-0.39, 0.29) is 0 Å². The second kappa shape index (κ2) is 6.00. The highest BCUT2D eigenvalue weighted by Crippen LogP contribution is 2.24. The van der Waals surface area contributed by atoms with Crippen molar-refractivity contribution in [2.75, 3.05) is 6.54 Å². The van der Waals surface area contributed by atoms with Crippen LogP contribution in [0.5, 0.6) is 0 Å². The van der Waals surface area contributed by atoms with Crippen molar-refractivity contribution >= 4 is 18.7 Å². The number of hydrogen-bond donors (Lipinski definition) is 1. The summed E-state index contributed by atoms with van der Waals surface area (Å²) in [6.45, 7) is 6.76. The van der Waals surface area contributed by atoms with Gasteiger partial charge in [-0.2, -0.15) is 0 Å². The molecule has 1 heterocycles. The molecular formula is C10H16N2S. The Bertz CT molecular complexity index is 221. The molecule has 0 aliphatic carbocycles. The zero-order valence-corrected chi connectivity index (χ0v) is 8.81. The molecule has 1 unspecified atom stereocenters. The smallest absolute Gasteiger partial charge is 0.0260 e. The van der Waals surface area contributed by atoms with Gasteiger partial charge in [-0.15, -0.1) is 0 Å². The molecule has 0 amide bonds. The molecule has 13 heavy (non-hydrogen) atoms. The zero-order valence-electron chi connectivity index (χ0n) is 7.99. The molecule has 1 N–H and O–H groups in total. The van der Waals surface area contributed by atoms with E-state index >= 15 is 0 Å². The Balaban J connectivity index is 2.45. The van der Waals surface area contributed by atoms with Crippen LogP contribution >= 0.6 is 11.9 Å². The second-order valence-electron chi connectivity index (χ2n) is 3.25. The molecule has 0 aromatic rings. The van der Waals surface area contributed by atoms with E-state index < -0.39 is 0 Å². The van der Waals surface area contributed by atoms with E-state index in [1.165, 1.54) is 17.7 Å². The first-order valence-electron chi connectivity index (χ1n) is 4.54. The molecule has 0 aromatic carbocycles. The van der Waals surface area contributed by atoms with Crippen molar-refractivity contribution < 1.29 is 0 Å². The molecular weight excluding hydrogens is 180 g/mol. The Labute approximate surface area is 84.3 Å². The second-order valence-corrected chi connectivity index (χ2v) is 4.27. The lowest BCUT2D eigenvalue weighted by Crippen LogP contribution is -2.10. The van der Waals surface area contributed by atoms with Crippen LogP contribution in [0.4, 0.5) is 0 Å². The molecule has 0 saturated carbocycles. The third kappa shape index (κ3) is 4.29. The predicted molar refractivity (Wildman–Crippen MR) is 60.8 cm³/mol. The maximum atomic E-state index is 3.65. The summed E-state index contributed by atoms with van der Waals surface area (Å²) in [7, 11) is 0. The van der Waals surface area contributed by atoms with Gasteiger partial charge in [-0.05, 0) is 49.6 Å². The SMILES string of the molecule is C=N/C=C\C=C1/CCC(C)CNS1. The summed E-state index contributed by atoms with van der Waals surface area (Å²) in [6, 6.07) is 0. The fourth-order valence-electron chi connectivity index (χ4n) is 1.15. The highest BCUT2D eigenvalue weighted by Gasteiger charge is 2.09. The number of aliphatic imine (C=N–C) groups is 1. The lowest BCUT2D eigenvalue weighted by atomic mass is 10.1. The summed E-state index contributed by atoms with van der Waals surface area (Å²) < 4.78 is 3.34. The van der Waals surface area contributed by atoms with Crippen LogP contribution in [0.3, 0.4) is 0 Å². The third-order valence-electron chi connectivity index (χ3n) is 1.99. The van der Waals surface area contributed by atoms with Crippen LogP contribution in [0.2, 0.25) is 0 Å². The minimum atomic E-state index is 0.778. The highest BCUT2D eigenvalue weighted by molar-refractivity contribution is 8.01. The van der Waals surface area contributed by atoms with Crippen LogP contribution in [-0.4, -0.2) is 13.3 Å². The minimum Gasteiger partial charge on any atom is -0.273 e. The molecule has 1 fully saturated rings. The van der Waals surface area contributed by atoms with Crippen molar-refractivity contribution in [1.82, 2.24) is 4.72 Å². The highest BCUT2D eigenvalue weighted by atomic mass is 32.2. The number of hydrogen-bond acceptors (Lipinski definition) is 3. The summed E-state index contributed by atoms with van der Waals surface area (Å²) in [6.07, 6.45) is 8.18. The van der Waals surface area contributed by atoms with E-state index in [1.807, 2.05) is 6.08 Å². The summed E-state index contributed by atoms with van der Waals surface area (Å²) in [5.41, 5.74) is 0. The van der Waals surface area contributed by atoms with E-state index in [0.717, 1.165) is 12.5 Å². The van der Waals surface area contributed by atoms with E-state index in [0.29, 0.717) is 0 Å². The zero-order chi connectivity index (χ0) is 9.52. The van der Waals surface area contributed by atoms with Crippen LogP contribution in [0.15, 0.2) is 28.2 Å². The summed E-state index contributed by atoms with van der Waals surface area (Å²) >= 11 is 1.74. The van der Waals surface area contributed by atoms with Gasteiger partial charge in [0.15, 0.2) is 0 Å². The van der Waals surface area contributed by atoms with Gasteiger partial charge in [-0.1, -0.05) is 6.92 Å². The van der Waals surface area contributed by atoms with E-state index in [2.05, 4.69) is 29.4 Å². The lowest BCUT2D eigenvalue weighted by molar-refractivity contribution is 0.543. The summed E-state index contributed by atoms with van der Waals surface area (Å²) in [5.74, 6) is 0.778. The normalized spacial score (nSPS) is 27.8. The molecule has 1 atom stereocenters. The Hall–Kier alpha value is -0.540. The van der Waals surface area contributed by atoms with Crippen LogP contribution in [0, 0.1) is 5.92 Å². The average molecular weight is 196 g/mol. The topological polar surface area (TPSA) is 24.4 Å². The van der Waals surface area contributed by atoms with Gasteiger partial charge in [0.1, 0.15) is 0 Å². The molecule has 1 aliphatic heterocycles. The monoisotopic (exact) mass is 196 g/mol. The first-order valence-corrected chi connectivity index (χ1v) is 5.36. The van der Waals surface area contributed by atoms with Crippen LogP contribution in [0.1, 0.15) is 19.8 Å². The molecule has 3 heteroatoms. The Morgan fingerprint density at radius 1 is 1.69 bits per heavy atom. The van der Waals surface area contributed by atoms with Gasteiger partial charge >= 0.3 is 0 Å². The van der Waals surface area contributed by atoms with Gasteiger partial charge in [0, 0.05) is 17.6 Å². The standard InChI is InChI=1S/C10H16N2S/c1-9-5-6-10(13-12-8-9)4-3-7-11-2/h3-4,7,9,12H,2,5-6,8H2,1H3/b7-3-,10-4+. The van der Waals surface area contributed by atoms with Crippen molar-refractivity contribution in [3.8, 4) is 0 Å². The Kier molecular flexibility index (Phi) is 4.86. The van der Waals surface area contributed by atoms with Crippen molar-refractivity contribution in [3.05, 3.63) is 23.3 Å². The van der Waals surface area contributed by atoms with Crippen LogP contribution in [-0.2, 0) is 0 Å². The molecule has 1 aliphatic rings. The van der Waals surface area contributed by atoms with Crippen molar-refractivity contribution in [2.45, 2.75) is 19.8 Å². The maximum Gasteiger partial charge on any atom is 0.0260 e. The van der Waals surface area contributed by atoms with Gasteiger partial charge in [-0.25, -0.2) is 0 Å². The van der Waals surface area contributed by atoms with Gasteiger partial charge in [-0.3, -0.25) is 9.71 Å². The van der Waals surface area contributed by atoms with E-state index in [1.54, 1.807) is 18.1 Å². The molecule has 1 saturated heterocycles. The predicted octanol–water partition coefficient (Wildman–Crippen LogP) is 2.75. The molecule has 0 radical (unpaired) electrons. The fourth-order valence-corrected chi connectivity index (χ4v) is 2.07. The number of allylic oxidation sites excluding steroid dienone is 3. The molecule has 1 rings (SSSR count). The maximum absolute atomic E-state index is 3.65. The van der Waals surface area contributed by atoms with Crippen molar-refractivity contribution in [1.29, 1.82) is 0 Å². The third-order valence-corrected chi connectivity index (χ3v) is 2.91. The van der Waals surface area contributed by atoms with Crippen molar-refractivity contribution in [3.63, 3.8) is 0 Å². The average Bonchev–Trinajstić information content (AvgIpc) is 2.32. The largest absolute Gasteiger partial charge is 0.273 e. The van der Waals surface area contributed by atoms with Crippen molar-refractivity contribution in [2.24, 2.45) is 10.9 Å². The van der Waals surface area contributed by atoms with E-state index in [4.69, 9.17) is 0 Å². The summed E-state index contributed by atoms with van der Waals surface area (Å²) in [5, 5.41) is 0. The van der Waals surface area contributed by atoms with Gasteiger partial charge in [0.05, 0.1) is 0 Å². The van der Waals surface area contributed by atoms with E-state index in [9.17, 15) is 0 Å². The molecule has 0 spiro atoms. The first-order chi connectivity index (χ1) is 6.33. The van der Waals surface area contributed by atoms with Crippen LogP contribution in [0.25, 0.3) is 0 Å². The molecule has 72 valence electrons. The first kappa shape index (κ1) is 10.5. The number of nitrogens with zero attached hydrogens (tertiary/aromatic N) is 1. The molecule has 0 bridgehead atoms. The van der Waals surface area contributed by atoms with Gasteiger partial charge < -0.3 is 0 Å². The van der Waals surface area contributed by atoms with Gasteiger partial charge in [0.25, 0.3) is 0 Å². The lowest BCUT2D eigenvalue weighted by Gasteiger charge is -2.02. The molecule has 2 nitrogen and oxygen atoms in total. The summed E-state index contributed by atoms with van der Waals surface area (Å²) in [4.78, 5) is 5.03. The quantitative estimate of drug-likeness (QED) is 0.542. The number of nitrogens with one attached hydrogen (secondary N) is 1. The van der Waals surface area contributed by atoms with Gasteiger partial charge in [0.2, 0.25) is 0 Å². The molecule has 0 aromatic heterocycles. The Morgan fingerprint density at radius 3 is 3.31 bits per heavy atom. The number of rotatable bonds is 2. The minimum absolute atomic E-state index is 0.778. The van der Waals surface area contributed by atoms with Crippen LogP contribution < -0.4 is 4.72 Å². The Morgan fingerprint density at radius 2 is 2.54 bits per heavy atom. The fraction of sp³-hybridized carbons (Fsp3) is 0.500.